The summed E-state index contributed by atoms with van der Waals surface area (Å²) in [4.78, 5) is 20.0. The Morgan fingerprint density at radius 1 is 1.16 bits per heavy atom. The Morgan fingerprint density at radius 2 is 2.00 bits per heavy atom. The summed E-state index contributed by atoms with van der Waals surface area (Å²) < 4.78 is 1.67. The molecule has 3 rings (SSSR count). The van der Waals surface area contributed by atoms with Gasteiger partial charge in [0.1, 0.15) is 5.15 Å². The van der Waals surface area contributed by atoms with Gasteiger partial charge in [0.05, 0.1) is 23.8 Å². The van der Waals surface area contributed by atoms with E-state index in [4.69, 9.17) is 11.6 Å². The highest BCUT2D eigenvalue weighted by Gasteiger charge is 2.05. The Kier molecular flexibility index (Phi) is 3.01. The second-order valence-corrected chi connectivity index (χ2v) is 4.55. The largest absolute Gasteiger partial charge is 0.301 e. The summed E-state index contributed by atoms with van der Waals surface area (Å²) >= 11 is 5.86. The molecule has 5 heteroatoms. The molecule has 0 saturated heterocycles. The summed E-state index contributed by atoms with van der Waals surface area (Å²) in [7, 11) is 0. The number of para-hydroxylation sites is 2. The molecule has 94 valence electrons. The van der Waals surface area contributed by atoms with E-state index >= 15 is 0 Å². The number of pyridine rings is 1. The first-order valence-corrected chi connectivity index (χ1v) is 6.17. The van der Waals surface area contributed by atoms with Crippen LogP contribution in [-0.4, -0.2) is 14.5 Å². The van der Waals surface area contributed by atoms with Crippen molar-refractivity contribution in [3.05, 3.63) is 69.9 Å². The van der Waals surface area contributed by atoms with E-state index in [0.717, 1.165) is 16.6 Å². The standard InChI is InChI=1S/C14H10ClN3O/c15-13-7-10(5-6-16-13)9-18-12-4-2-1-3-11(12)17-8-14(18)19/h1-8H,9H2. The summed E-state index contributed by atoms with van der Waals surface area (Å²) in [6.07, 6.45) is 2.97. The highest BCUT2D eigenvalue weighted by atomic mass is 35.5. The van der Waals surface area contributed by atoms with Crippen molar-refractivity contribution < 1.29 is 0 Å². The van der Waals surface area contributed by atoms with Crippen LogP contribution in [0, 0.1) is 0 Å². The Labute approximate surface area is 114 Å². The van der Waals surface area contributed by atoms with Crippen LogP contribution < -0.4 is 5.56 Å². The summed E-state index contributed by atoms with van der Waals surface area (Å²) in [5, 5.41) is 0.420. The zero-order valence-corrected chi connectivity index (χ0v) is 10.7. The maximum atomic E-state index is 12.0. The smallest absolute Gasteiger partial charge is 0.269 e. The van der Waals surface area contributed by atoms with Gasteiger partial charge in [-0.1, -0.05) is 23.7 Å². The van der Waals surface area contributed by atoms with Gasteiger partial charge in [-0.05, 0) is 29.8 Å². The molecule has 0 bridgehead atoms. The highest BCUT2D eigenvalue weighted by Crippen LogP contribution is 2.12. The molecule has 0 aliphatic carbocycles. The van der Waals surface area contributed by atoms with Gasteiger partial charge in [-0.3, -0.25) is 4.79 Å². The van der Waals surface area contributed by atoms with Crippen LogP contribution >= 0.6 is 11.6 Å². The van der Waals surface area contributed by atoms with Crippen molar-refractivity contribution in [2.24, 2.45) is 0 Å². The summed E-state index contributed by atoms with van der Waals surface area (Å²) in [6, 6.07) is 11.1. The van der Waals surface area contributed by atoms with Crippen LogP contribution in [0.25, 0.3) is 11.0 Å². The van der Waals surface area contributed by atoms with Crippen LogP contribution in [0.5, 0.6) is 0 Å². The zero-order chi connectivity index (χ0) is 13.2. The molecule has 1 aromatic carbocycles. The number of aromatic nitrogens is 3. The van der Waals surface area contributed by atoms with E-state index in [1.807, 2.05) is 30.3 Å². The molecule has 0 saturated carbocycles. The molecule has 0 amide bonds. The van der Waals surface area contributed by atoms with Crippen LogP contribution in [0.2, 0.25) is 5.15 Å². The van der Waals surface area contributed by atoms with Gasteiger partial charge in [0, 0.05) is 6.20 Å². The number of fused-ring (bicyclic) bond motifs is 1. The fourth-order valence-electron chi connectivity index (χ4n) is 2.00. The summed E-state index contributed by atoms with van der Waals surface area (Å²) in [5.74, 6) is 0. The lowest BCUT2D eigenvalue weighted by Gasteiger charge is -2.09. The van der Waals surface area contributed by atoms with Crippen LogP contribution in [0.15, 0.2) is 53.6 Å². The lowest BCUT2D eigenvalue weighted by Crippen LogP contribution is -2.21. The van der Waals surface area contributed by atoms with Gasteiger partial charge in [-0.15, -0.1) is 0 Å². The van der Waals surface area contributed by atoms with E-state index in [-0.39, 0.29) is 5.56 Å². The second-order valence-electron chi connectivity index (χ2n) is 4.16. The van der Waals surface area contributed by atoms with Gasteiger partial charge in [-0.25, -0.2) is 9.97 Å². The van der Waals surface area contributed by atoms with Gasteiger partial charge < -0.3 is 4.57 Å². The van der Waals surface area contributed by atoms with Crippen molar-refractivity contribution in [2.75, 3.05) is 0 Å². The lowest BCUT2D eigenvalue weighted by atomic mass is 10.2. The molecule has 0 atom stereocenters. The van der Waals surface area contributed by atoms with Gasteiger partial charge in [0.25, 0.3) is 5.56 Å². The first-order chi connectivity index (χ1) is 9.24. The molecule has 0 spiro atoms. The number of benzene rings is 1. The molecule has 4 nitrogen and oxygen atoms in total. The number of hydrogen-bond acceptors (Lipinski definition) is 3. The Morgan fingerprint density at radius 3 is 2.84 bits per heavy atom. The number of hydrogen-bond donors (Lipinski definition) is 0. The zero-order valence-electron chi connectivity index (χ0n) is 9.95. The molecule has 0 N–H and O–H groups in total. The molecule has 2 aromatic heterocycles. The third-order valence-corrected chi connectivity index (χ3v) is 3.09. The third-order valence-electron chi connectivity index (χ3n) is 2.88. The predicted octanol–water partition coefficient (Wildman–Crippen LogP) is 2.49. The topological polar surface area (TPSA) is 47.8 Å². The molecular formula is C14H10ClN3O. The minimum Gasteiger partial charge on any atom is -0.301 e. The maximum Gasteiger partial charge on any atom is 0.269 e. The van der Waals surface area contributed by atoms with Crippen LogP contribution in [0.4, 0.5) is 0 Å². The molecule has 19 heavy (non-hydrogen) atoms. The van der Waals surface area contributed by atoms with Gasteiger partial charge in [0.15, 0.2) is 0 Å². The van der Waals surface area contributed by atoms with Crippen molar-refractivity contribution in [3.63, 3.8) is 0 Å². The fourth-order valence-corrected chi connectivity index (χ4v) is 2.20. The van der Waals surface area contributed by atoms with E-state index in [1.165, 1.54) is 6.20 Å². The van der Waals surface area contributed by atoms with Crippen molar-refractivity contribution in [1.29, 1.82) is 0 Å². The Balaban J connectivity index is 2.14. The number of rotatable bonds is 2. The Bertz CT molecular complexity index is 798. The van der Waals surface area contributed by atoms with Gasteiger partial charge in [0.2, 0.25) is 0 Å². The number of halogens is 1. The van der Waals surface area contributed by atoms with Gasteiger partial charge >= 0.3 is 0 Å². The number of nitrogens with zero attached hydrogens (tertiary/aromatic N) is 3. The average molecular weight is 272 g/mol. The molecule has 3 aromatic rings. The minimum atomic E-state index is -0.133. The molecular weight excluding hydrogens is 262 g/mol. The SMILES string of the molecule is O=c1cnc2ccccc2n1Cc1ccnc(Cl)c1. The van der Waals surface area contributed by atoms with Gasteiger partial charge in [-0.2, -0.15) is 0 Å². The van der Waals surface area contributed by atoms with Crippen molar-refractivity contribution in [2.45, 2.75) is 6.54 Å². The first-order valence-electron chi connectivity index (χ1n) is 5.79. The monoisotopic (exact) mass is 271 g/mol. The van der Waals surface area contributed by atoms with E-state index in [2.05, 4.69) is 9.97 Å². The van der Waals surface area contributed by atoms with Crippen LogP contribution in [-0.2, 0) is 6.54 Å². The van der Waals surface area contributed by atoms with Crippen molar-refractivity contribution in [3.8, 4) is 0 Å². The average Bonchev–Trinajstić information content (AvgIpc) is 2.42. The third kappa shape index (κ3) is 2.35. The molecule has 0 aliphatic rings. The summed E-state index contributed by atoms with van der Waals surface area (Å²) in [5.41, 5.74) is 2.40. The van der Waals surface area contributed by atoms with Crippen LogP contribution in [0.3, 0.4) is 0 Å². The fraction of sp³-hybridized carbons (Fsp3) is 0.0714. The molecule has 2 heterocycles. The maximum absolute atomic E-state index is 12.0. The minimum absolute atomic E-state index is 0.133. The highest BCUT2D eigenvalue weighted by molar-refractivity contribution is 6.29. The predicted molar refractivity (Wildman–Crippen MR) is 74.4 cm³/mol. The van der Waals surface area contributed by atoms with Crippen LogP contribution in [0.1, 0.15) is 5.56 Å². The van der Waals surface area contributed by atoms with Crippen molar-refractivity contribution in [1.82, 2.24) is 14.5 Å². The molecule has 0 fully saturated rings. The first kappa shape index (κ1) is 11.9. The van der Waals surface area contributed by atoms with E-state index in [1.54, 1.807) is 16.8 Å². The quantitative estimate of drug-likeness (QED) is 0.673. The molecule has 0 aliphatic heterocycles. The lowest BCUT2D eigenvalue weighted by molar-refractivity contribution is 0.785. The second kappa shape index (κ2) is 4.82. The summed E-state index contributed by atoms with van der Waals surface area (Å²) in [6.45, 7) is 0.449. The van der Waals surface area contributed by atoms with E-state index in [0.29, 0.717) is 11.7 Å². The Hall–Kier alpha value is -2.20. The van der Waals surface area contributed by atoms with E-state index < -0.39 is 0 Å². The molecule has 0 unspecified atom stereocenters. The van der Waals surface area contributed by atoms with E-state index in [9.17, 15) is 4.79 Å². The normalized spacial score (nSPS) is 10.8. The van der Waals surface area contributed by atoms with Crippen molar-refractivity contribution >= 4 is 22.6 Å². The molecule has 0 radical (unpaired) electrons.